The van der Waals surface area contributed by atoms with E-state index in [4.69, 9.17) is 0 Å². The lowest BCUT2D eigenvalue weighted by molar-refractivity contribution is -0.128. The lowest BCUT2D eigenvalue weighted by Gasteiger charge is -2.20. The van der Waals surface area contributed by atoms with Crippen LogP contribution in [0.2, 0.25) is 0 Å². The Morgan fingerprint density at radius 3 is 2.71 bits per heavy atom. The highest BCUT2D eigenvalue weighted by Crippen LogP contribution is 2.12. The molecule has 0 unspecified atom stereocenters. The van der Waals surface area contributed by atoms with Crippen LogP contribution >= 0.6 is 11.8 Å². The van der Waals surface area contributed by atoms with Gasteiger partial charge in [-0.05, 0) is 36.8 Å². The van der Waals surface area contributed by atoms with Crippen molar-refractivity contribution < 1.29 is 4.79 Å². The number of carbonyl (C=O) groups excluding carboxylic acids is 1. The summed E-state index contributed by atoms with van der Waals surface area (Å²) < 4.78 is 0. The fraction of sp³-hybridized carbons (Fsp3) is 0.538. The first-order valence-corrected chi connectivity index (χ1v) is 6.95. The lowest BCUT2D eigenvalue weighted by Crippen LogP contribution is -2.34. The quantitative estimate of drug-likeness (QED) is 0.778. The maximum Gasteiger partial charge on any atom is 0.235 e. The molecule has 1 aromatic rings. The van der Waals surface area contributed by atoms with Crippen LogP contribution in [-0.4, -0.2) is 40.4 Å². The monoisotopic (exact) mass is 252 g/mol. The zero-order valence-electron chi connectivity index (χ0n) is 10.7. The van der Waals surface area contributed by atoms with Crippen molar-refractivity contribution in [3.8, 4) is 0 Å². The van der Waals surface area contributed by atoms with E-state index in [1.165, 1.54) is 5.56 Å². The Bertz CT molecular complexity index is 343. The largest absolute Gasteiger partial charge is 0.344 e. The van der Waals surface area contributed by atoms with Crippen molar-refractivity contribution in [3.05, 3.63) is 30.1 Å². The van der Waals surface area contributed by atoms with Gasteiger partial charge in [-0.2, -0.15) is 0 Å². The van der Waals surface area contributed by atoms with Gasteiger partial charge in [-0.3, -0.25) is 9.78 Å². The maximum absolute atomic E-state index is 11.9. The van der Waals surface area contributed by atoms with Gasteiger partial charge in [-0.25, -0.2) is 0 Å². The summed E-state index contributed by atoms with van der Waals surface area (Å²) in [6, 6.07) is 3.98. The fourth-order valence-electron chi connectivity index (χ4n) is 1.59. The molecule has 0 saturated carbocycles. The Morgan fingerprint density at radius 2 is 2.12 bits per heavy atom. The Morgan fingerprint density at radius 1 is 1.47 bits per heavy atom. The molecule has 17 heavy (non-hydrogen) atoms. The van der Waals surface area contributed by atoms with Gasteiger partial charge in [-0.15, -0.1) is 11.8 Å². The molecule has 0 bridgehead atoms. The van der Waals surface area contributed by atoms with Crippen LogP contribution in [0.25, 0.3) is 0 Å². The maximum atomic E-state index is 11.9. The van der Waals surface area contributed by atoms with Crippen molar-refractivity contribution in [2.75, 3.05) is 19.3 Å². The molecular formula is C13H20N2OS. The Hall–Kier alpha value is -1.03. The number of hydrogen-bond donors (Lipinski definition) is 0. The van der Waals surface area contributed by atoms with E-state index < -0.39 is 0 Å². The van der Waals surface area contributed by atoms with E-state index in [1.807, 2.05) is 31.0 Å². The number of amides is 1. The smallest absolute Gasteiger partial charge is 0.235 e. The van der Waals surface area contributed by atoms with E-state index in [-0.39, 0.29) is 11.2 Å². The molecule has 0 N–H and O–H groups in total. The molecule has 0 aliphatic heterocycles. The second-order valence-corrected chi connectivity index (χ2v) is 5.58. The van der Waals surface area contributed by atoms with Gasteiger partial charge in [0.1, 0.15) is 0 Å². The van der Waals surface area contributed by atoms with E-state index in [0.29, 0.717) is 0 Å². The van der Waals surface area contributed by atoms with Gasteiger partial charge < -0.3 is 4.90 Å². The number of pyridine rings is 1. The number of hydrogen-bond acceptors (Lipinski definition) is 3. The number of rotatable bonds is 6. The van der Waals surface area contributed by atoms with Crippen LogP contribution in [0.4, 0.5) is 0 Å². The van der Waals surface area contributed by atoms with E-state index >= 15 is 0 Å². The van der Waals surface area contributed by atoms with Crippen molar-refractivity contribution in [2.45, 2.75) is 25.5 Å². The summed E-state index contributed by atoms with van der Waals surface area (Å²) in [4.78, 5) is 17.7. The Kier molecular flexibility index (Phi) is 6.05. The number of carbonyl (C=O) groups is 1. The fourth-order valence-corrected chi connectivity index (χ4v) is 2.41. The highest BCUT2D eigenvalue weighted by atomic mass is 32.2. The molecule has 1 amide bonds. The number of likely N-dealkylation sites (N-methyl/N-ethyl adjacent to an activating group) is 1. The minimum atomic E-state index is 0.0578. The molecule has 1 rings (SSSR count). The van der Waals surface area contributed by atoms with Crippen LogP contribution in [0.15, 0.2) is 24.5 Å². The van der Waals surface area contributed by atoms with Crippen LogP contribution in [0.5, 0.6) is 0 Å². The van der Waals surface area contributed by atoms with Crippen molar-refractivity contribution in [1.29, 1.82) is 0 Å². The Labute approximate surface area is 108 Å². The summed E-state index contributed by atoms with van der Waals surface area (Å²) >= 11 is 1.69. The molecular weight excluding hydrogens is 232 g/mol. The standard InChI is InChI=1S/C13H20N2OS/c1-4-17-11(2)13(16)15(3)10-7-12-5-8-14-9-6-12/h5-6,8-9,11H,4,7,10H2,1-3H3/t11-/m1/s1. The van der Waals surface area contributed by atoms with Crippen LogP contribution < -0.4 is 0 Å². The molecule has 3 nitrogen and oxygen atoms in total. The molecule has 0 spiro atoms. The van der Waals surface area contributed by atoms with Crippen LogP contribution in [-0.2, 0) is 11.2 Å². The van der Waals surface area contributed by atoms with Gasteiger partial charge in [0.25, 0.3) is 0 Å². The van der Waals surface area contributed by atoms with Gasteiger partial charge >= 0.3 is 0 Å². The number of thioether (sulfide) groups is 1. The second kappa shape index (κ2) is 7.33. The van der Waals surface area contributed by atoms with Gasteiger partial charge in [-0.1, -0.05) is 6.92 Å². The molecule has 1 heterocycles. The van der Waals surface area contributed by atoms with E-state index in [1.54, 1.807) is 24.2 Å². The third-order valence-electron chi connectivity index (χ3n) is 2.63. The molecule has 1 aromatic heterocycles. The minimum Gasteiger partial charge on any atom is -0.344 e. The van der Waals surface area contributed by atoms with Crippen LogP contribution in [0.3, 0.4) is 0 Å². The molecule has 0 aromatic carbocycles. The highest BCUT2D eigenvalue weighted by Gasteiger charge is 2.16. The third-order valence-corrected chi connectivity index (χ3v) is 3.66. The summed E-state index contributed by atoms with van der Waals surface area (Å²) in [5.74, 6) is 1.19. The number of aromatic nitrogens is 1. The normalized spacial score (nSPS) is 12.2. The summed E-state index contributed by atoms with van der Waals surface area (Å²) in [7, 11) is 1.87. The predicted octanol–water partition coefficient (Wildman–Crippen LogP) is 2.22. The van der Waals surface area contributed by atoms with Crippen molar-refractivity contribution in [1.82, 2.24) is 9.88 Å². The topological polar surface area (TPSA) is 33.2 Å². The second-order valence-electron chi connectivity index (χ2n) is 3.96. The van der Waals surface area contributed by atoms with E-state index in [0.717, 1.165) is 18.7 Å². The first kappa shape index (κ1) is 14.0. The zero-order valence-corrected chi connectivity index (χ0v) is 11.5. The van der Waals surface area contributed by atoms with Crippen molar-refractivity contribution >= 4 is 17.7 Å². The molecule has 4 heteroatoms. The molecule has 94 valence electrons. The minimum absolute atomic E-state index is 0.0578. The first-order valence-electron chi connectivity index (χ1n) is 5.90. The Balaban J connectivity index is 2.39. The van der Waals surface area contributed by atoms with Gasteiger partial charge in [0.15, 0.2) is 0 Å². The average Bonchev–Trinajstić information content (AvgIpc) is 2.36. The summed E-state index contributed by atoms with van der Waals surface area (Å²) in [5, 5.41) is 0.0578. The molecule has 0 aliphatic rings. The lowest BCUT2D eigenvalue weighted by atomic mass is 10.2. The van der Waals surface area contributed by atoms with Crippen molar-refractivity contribution in [3.63, 3.8) is 0 Å². The van der Waals surface area contributed by atoms with Crippen LogP contribution in [0, 0.1) is 0 Å². The van der Waals surface area contributed by atoms with Gasteiger partial charge in [0.05, 0.1) is 5.25 Å². The average molecular weight is 252 g/mol. The number of nitrogens with zero attached hydrogens (tertiary/aromatic N) is 2. The summed E-state index contributed by atoms with van der Waals surface area (Å²) in [6.45, 7) is 4.81. The molecule has 1 atom stereocenters. The van der Waals surface area contributed by atoms with Crippen molar-refractivity contribution in [2.24, 2.45) is 0 Å². The van der Waals surface area contributed by atoms with Gasteiger partial charge in [0.2, 0.25) is 5.91 Å². The molecule has 0 aliphatic carbocycles. The molecule has 0 radical (unpaired) electrons. The summed E-state index contributed by atoms with van der Waals surface area (Å²) in [5.41, 5.74) is 1.22. The third kappa shape index (κ3) is 4.77. The van der Waals surface area contributed by atoms with Gasteiger partial charge in [0, 0.05) is 26.0 Å². The molecule has 0 fully saturated rings. The van der Waals surface area contributed by atoms with E-state index in [9.17, 15) is 4.79 Å². The molecule has 0 saturated heterocycles. The SMILES string of the molecule is CCS[C@H](C)C(=O)N(C)CCc1ccncc1. The zero-order chi connectivity index (χ0) is 12.7. The first-order chi connectivity index (χ1) is 8.15. The highest BCUT2D eigenvalue weighted by molar-refractivity contribution is 8.00. The summed E-state index contributed by atoms with van der Waals surface area (Å²) in [6.07, 6.45) is 4.45. The van der Waals surface area contributed by atoms with Crippen LogP contribution in [0.1, 0.15) is 19.4 Å². The van der Waals surface area contributed by atoms with E-state index in [2.05, 4.69) is 11.9 Å². The predicted molar refractivity (Wildman–Crippen MR) is 73.2 cm³/mol.